The minimum absolute atomic E-state index is 0.0254. The first-order chi connectivity index (χ1) is 15.4. The summed E-state index contributed by atoms with van der Waals surface area (Å²) in [7, 11) is 4.50. The Morgan fingerprint density at radius 3 is 2.41 bits per heavy atom. The molecular formula is C23H23N3O5S. The molecule has 0 bridgehead atoms. The Morgan fingerprint density at radius 1 is 1.06 bits per heavy atom. The van der Waals surface area contributed by atoms with Gasteiger partial charge in [-0.15, -0.1) is 11.3 Å². The number of rotatable bonds is 6. The van der Waals surface area contributed by atoms with Gasteiger partial charge in [-0.1, -0.05) is 12.1 Å². The van der Waals surface area contributed by atoms with E-state index in [9.17, 15) is 9.59 Å². The Hall–Kier alpha value is -3.59. The van der Waals surface area contributed by atoms with Crippen LogP contribution in [0, 0.1) is 0 Å². The molecule has 2 amide bonds. The molecule has 0 spiro atoms. The SMILES string of the molecule is COc1cc(C(=O)Nc2nc(-c3ccc4c(c3)N(C(C)=O)CC4)cs2)cc(OC)c1OC. The van der Waals surface area contributed by atoms with Crippen molar-refractivity contribution in [1.82, 2.24) is 4.98 Å². The van der Waals surface area contributed by atoms with Crippen molar-refractivity contribution in [2.45, 2.75) is 13.3 Å². The Balaban J connectivity index is 1.56. The number of hydrogen-bond acceptors (Lipinski definition) is 7. The fourth-order valence-corrected chi connectivity index (χ4v) is 4.43. The van der Waals surface area contributed by atoms with E-state index in [-0.39, 0.29) is 11.8 Å². The highest BCUT2D eigenvalue weighted by Gasteiger charge is 2.23. The molecule has 3 aromatic rings. The number of fused-ring (bicyclic) bond motifs is 1. The molecule has 8 nitrogen and oxygen atoms in total. The molecule has 1 aromatic heterocycles. The number of thiazole rings is 1. The highest BCUT2D eigenvalue weighted by molar-refractivity contribution is 7.14. The Morgan fingerprint density at radius 2 is 1.78 bits per heavy atom. The third kappa shape index (κ3) is 3.99. The van der Waals surface area contributed by atoms with Gasteiger partial charge in [0.2, 0.25) is 11.7 Å². The summed E-state index contributed by atoms with van der Waals surface area (Å²) < 4.78 is 15.9. The Kier molecular flexibility index (Phi) is 6.00. The van der Waals surface area contributed by atoms with Crippen LogP contribution in [-0.2, 0) is 11.2 Å². The second-order valence-electron chi connectivity index (χ2n) is 7.17. The van der Waals surface area contributed by atoms with Crippen molar-refractivity contribution in [1.29, 1.82) is 0 Å². The normalized spacial score (nSPS) is 12.3. The van der Waals surface area contributed by atoms with Gasteiger partial charge >= 0.3 is 0 Å². The van der Waals surface area contributed by atoms with Crippen molar-refractivity contribution in [3.63, 3.8) is 0 Å². The summed E-state index contributed by atoms with van der Waals surface area (Å²) in [5, 5.41) is 5.16. The van der Waals surface area contributed by atoms with Crippen LogP contribution in [0.25, 0.3) is 11.3 Å². The second kappa shape index (κ2) is 8.88. The molecule has 2 aromatic carbocycles. The number of anilines is 2. The average Bonchev–Trinajstić information content (AvgIpc) is 3.44. The molecule has 2 heterocycles. The maximum absolute atomic E-state index is 12.8. The highest BCUT2D eigenvalue weighted by atomic mass is 32.1. The minimum Gasteiger partial charge on any atom is -0.493 e. The first-order valence-electron chi connectivity index (χ1n) is 9.93. The lowest BCUT2D eigenvalue weighted by Crippen LogP contribution is -2.25. The Bertz CT molecular complexity index is 1170. The van der Waals surface area contributed by atoms with E-state index >= 15 is 0 Å². The number of methoxy groups -OCH3 is 3. The molecule has 1 aliphatic rings. The van der Waals surface area contributed by atoms with E-state index in [1.807, 2.05) is 23.6 Å². The van der Waals surface area contributed by atoms with E-state index in [1.54, 1.807) is 24.0 Å². The van der Waals surface area contributed by atoms with Crippen molar-refractivity contribution in [2.75, 3.05) is 38.1 Å². The largest absolute Gasteiger partial charge is 0.493 e. The average molecular weight is 454 g/mol. The number of carbonyl (C=O) groups excluding carboxylic acids is 2. The van der Waals surface area contributed by atoms with Crippen LogP contribution in [0.1, 0.15) is 22.8 Å². The predicted octanol–water partition coefficient (Wildman–Crippen LogP) is 4.00. The summed E-state index contributed by atoms with van der Waals surface area (Å²) in [6.45, 7) is 2.27. The summed E-state index contributed by atoms with van der Waals surface area (Å²) in [5.74, 6) is 0.883. The van der Waals surface area contributed by atoms with Gasteiger partial charge in [0.15, 0.2) is 16.6 Å². The summed E-state index contributed by atoms with van der Waals surface area (Å²) in [4.78, 5) is 31.0. The summed E-state index contributed by atoms with van der Waals surface area (Å²) in [5.41, 5.74) is 4.04. The van der Waals surface area contributed by atoms with Gasteiger partial charge in [0.05, 0.1) is 27.0 Å². The zero-order valence-corrected chi connectivity index (χ0v) is 19.0. The number of nitrogens with one attached hydrogen (secondary N) is 1. The maximum atomic E-state index is 12.8. The molecule has 0 aliphatic carbocycles. The van der Waals surface area contributed by atoms with Crippen molar-refractivity contribution in [3.05, 3.63) is 46.8 Å². The second-order valence-corrected chi connectivity index (χ2v) is 8.03. The predicted molar refractivity (Wildman–Crippen MR) is 123 cm³/mol. The molecule has 9 heteroatoms. The maximum Gasteiger partial charge on any atom is 0.257 e. The number of aromatic nitrogens is 1. The monoisotopic (exact) mass is 453 g/mol. The molecule has 1 N–H and O–H groups in total. The fourth-order valence-electron chi connectivity index (χ4n) is 3.71. The van der Waals surface area contributed by atoms with Crippen molar-refractivity contribution < 1.29 is 23.8 Å². The van der Waals surface area contributed by atoms with Crippen LogP contribution in [0.5, 0.6) is 17.2 Å². The smallest absolute Gasteiger partial charge is 0.257 e. The van der Waals surface area contributed by atoms with Crippen LogP contribution in [0.2, 0.25) is 0 Å². The van der Waals surface area contributed by atoms with Crippen LogP contribution in [0.15, 0.2) is 35.7 Å². The topological polar surface area (TPSA) is 90.0 Å². The molecule has 0 unspecified atom stereocenters. The van der Waals surface area contributed by atoms with E-state index < -0.39 is 0 Å². The number of benzene rings is 2. The first-order valence-corrected chi connectivity index (χ1v) is 10.8. The lowest BCUT2D eigenvalue weighted by atomic mass is 10.1. The molecule has 0 saturated carbocycles. The Labute approximate surface area is 189 Å². The van der Waals surface area contributed by atoms with E-state index in [2.05, 4.69) is 10.3 Å². The minimum atomic E-state index is -0.345. The van der Waals surface area contributed by atoms with Crippen LogP contribution in [0.3, 0.4) is 0 Å². The van der Waals surface area contributed by atoms with Crippen LogP contribution >= 0.6 is 11.3 Å². The molecule has 1 aliphatic heterocycles. The van der Waals surface area contributed by atoms with Crippen molar-refractivity contribution in [2.24, 2.45) is 0 Å². The van der Waals surface area contributed by atoms with Gasteiger partial charge in [-0.25, -0.2) is 4.98 Å². The lowest BCUT2D eigenvalue weighted by molar-refractivity contribution is -0.116. The summed E-state index contributed by atoms with van der Waals surface area (Å²) in [6.07, 6.45) is 0.850. The first kappa shape index (κ1) is 21.6. The zero-order chi connectivity index (χ0) is 22.8. The third-order valence-electron chi connectivity index (χ3n) is 5.31. The fraction of sp³-hybridized carbons (Fsp3) is 0.261. The van der Waals surface area contributed by atoms with Gasteiger partial charge < -0.3 is 19.1 Å². The standard InChI is InChI=1S/C23H23N3O5S/c1-13(27)26-8-7-14-5-6-15(9-18(14)26)17-12-32-23(24-17)25-22(28)16-10-19(29-2)21(31-4)20(11-16)30-3/h5-6,9-12H,7-8H2,1-4H3,(H,24,25,28). The van der Waals surface area contributed by atoms with Gasteiger partial charge in [-0.3, -0.25) is 14.9 Å². The van der Waals surface area contributed by atoms with E-state index in [0.717, 1.165) is 28.9 Å². The molecule has 4 rings (SSSR count). The van der Waals surface area contributed by atoms with Crippen molar-refractivity contribution in [3.8, 4) is 28.5 Å². The molecule has 32 heavy (non-hydrogen) atoms. The summed E-state index contributed by atoms with van der Waals surface area (Å²) in [6, 6.07) is 9.16. The number of amides is 2. The third-order valence-corrected chi connectivity index (χ3v) is 6.07. The molecule has 0 fully saturated rings. The van der Waals surface area contributed by atoms with Crippen LogP contribution in [-0.4, -0.2) is 44.7 Å². The summed E-state index contributed by atoms with van der Waals surface area (Å²) >= 11 is 1.32. The van der Waals surface area contributed by atoms with Gasteiger partial charge in [0, 0.05) is 35.7 Å². The zero-order valence-electron chi connectivity index (χ0n) is 18.2. The molecule has 0 radical (unpaired) electrons. The molecule has 0 saturated heterocycles. The van der Waals surface area contributed by atoms with Gasteiger partial charge in [-0.2, -0.15) is 0 Å². The molecule has 0 atom stereocenters. The van der Waals surface area contributed by atoms with E-state index in [4.69, 9.17) is 14.2 Å². The number of ether oxygens (including phenoxy) is 3. The van der Waals surface area contributed by atoms with Gasteiger partial charge in [0.1, 0.15) is 0 Å². The van der Waals surface area contributed by atoms with E-state index in [1.165, 1.54) is 32.7 Å². The van der Waals surface area contributed by atoms with Crippen LogP contribution in [0.4, 0.5) is 10.8 Å². The molecular weight excluding hydrogens is 430 g/mol. The molecule has 166 valence electrons. The lowest BCUT2D eigenvalue weighted by Gasteiger charge is -2.15. The highest BCUT2D eigenvalue weighted by Crippen LogP contribution is 2.38. The number of nitrogens with zero attached hydrogens (tertiary/aromatic N) is 2. The van der Waals surface area contributed by atoms with Crippen molar-refractivity contribution >= 4 is 34.0 Å². The van der Waals surface area contributed by atoms with E-state index in [0.29, 0.717) is 34.5 Å². The number of hydrogen-bond donors (Lipinski definition) is 1. The van der Waals surface area contributed by atoms with Crippen LogP contribution < -0.4 is 24.4 Å². The number of carbonyl (C=O) groups is 2. The van der Waals surface area contributed by atoms with Gasteiger partial charge in [-0.05, 0) is 30.2 Å². The quantitative estimate of drug-likeness (QED) is 0.607. The van der Waals surface area contributed by atoms with Gasteiger partial charge in [0.25, 0.3) is 5.91 Å².